The average Bonchev–Trinajstić information content (AvgIpc) is 3.24. The van der Waals surface area contributed by atoms with Crippen LogP contribution in [0.25, 0.3) is 22.5 Å². The molecule has 1 N–H and O–H groups in total. The molecular formula is C28H31N5O2. The third-order valence-corrected chi connectivity index (χ3v) is 6.82. The molecule has 1 saturated heterocycles. The maximum absolute atomic E-state index is 14.0. The lowest BCUT2D eigenvalue weighted by atomic mass is 9.89. The number of aryl methyl sites for hydroxylation is 3. The number of rotatable bonds is 5. The molecule has 2 aromatic carbocycles. The fourth-order valence-electron chi connectivity index (χ4n) is 4.88. The van der Waals surface area contributed by atoms with Gasteiger partial charge in [0.15, 0.2) is 11.4 Å². The largest absolute Gasteiger partial charge is 0.424 e. The SMILES string of the molecule is Cc1ccc(-c2nccc(C)n2)c(C(=O)N2CCCC(C)[C@H]2CNc2nc3cc(C)ccc3o2)c1. The number of carbonyl (C=O) groups is 1. The Bertz CT molecular complexity index is 1380. The van der Waals surface area contributed by atoms with E-state index in [0.717, 1.165) is 46.3 Å². The molecule has 1 unspecified atom stereocenters. The molecule has 1 aliphatic heterocycles. The number of oxazole rings is 1. The summed E-state index contributed by atoms with van der Waals surface area (Å²) in [5, 5.41) is 3.36. The van der Waals surface area contributed by atoms with Crippen molar-refractivity contribution in [3.63, 3.8) is 0 Å². The first-order valence-electron chi connectivity index (χ1n) is 12.2. The molecule has 7 heteroatoms. The van der Waals surface area contributed by atoms with Crippen LogP contribution in [-0.2, 0) is 0 Å². The van der Waals surface area contributed by atoms with Gasteiger partial charge in [-0.15, -0.1) is 0 Å². The van der Waals surface area contributed by atoms with E-state index in [-0.39, 0.29) is 11.9 Å². The van der Waals surface area contributed by atoms with Crippen LogP contribution in [0.15, 0.2) is 53.1 Å². The van der Waals surface area contributed by atoms with Crippen LogP contribution < -0.4 is 5.32 Å². The first-order chi connectivity index (χ1) is 16.9. The Morgan fingerprint density at radius 3 is 2.71 bits per heavy atom. The Labute approximate surface area is 205 Å². The lowest BCUT2D eigenvalue weighted by Gasteiger charge is -2.40. The third kappa shape index (κ3) is 4.76. The zero-order chi connectivity index (χ0) is 24.5. The van der Waals surface area contributed by atoms with Crippen molar-refractivity contribution in [2.45, 2.75) is 46.6 Å². The van der Waals surface area contributed by atoms with Gasteiger partial charge in [-0.2, -0.15) is 4.98 Å². The monoisotopic (exact) mass is 469 g/mol. The number of fused-ring (bicyclic) bond motifs is 1. The minimum absolute atomic E-state index is 0.0137. The zero-order valence-corrected chi connectivity index (χ0v) is 20.7. The van der Waals surface area contributed by atoms with Gasteiger partial charge < -0.3 is 14.6 Å². The van der Waals surface area contributed by atoms with E-state index in [4.69, 9.17) is 4.42 Å². The summed E-state index contributed by atoms with van der Waals surface area (Å²) in [4.78, 5) is 29.6. The number of aromatic nitrogens is 3. The molecule has 35 heavy (non-hydrogen) atoms. The summed E-state index contributed by atoms with van der Waals surface area (Å²) in [6.45, 7) is 9.47. The fourth-order valence-corrected chi connectivity index (χ4v) is 4.88. The van der Waals surface area contributed by atoms with Gasteiger partial charge in [0.2, 0.25) is 0 Å². The van der Waals surface area contributed by atoms with Crippen LogP contribution in [-0.4, -0.2) is 44.9 Å². The van der Waals surface area contributed by atoms with E-state index in [2.05, 4.69) is 27.2 Å². The number of anilines is 1. The highest BCUT2D eigenvalue weighted by Gasteiger charge is 2.33. The van der Waals surface area contributed by atoms with Crippen LogP contribution in [0.5, 0.6) is 0 Å². The van der Waals surface area contributed by atoms with E-state index in [0.29, 0.717) is 36.4 Å². The molecule has 7 nitrogen and oxygen atoms in total. The Hall–Kier alpha value is -3.74. The van der Waals surface area contributed by atoms with Crippen molar-refractivity contribution in [2.75, 3.05) is 18.4 Å². The maximum atomic E-state index is 14.0. The molecule has 2 atom stereocenters. The molecule has 5 rings (SSSR count). The molecule has 1 fully saturated rings. The van der Waals surface area contributed by atoms with Gasteiger partial charge in [0, 0.05) is 30.5 Å². The van der Waals surface area contributed by atoms with Gasteiger partial charge >= 0.3 is 0 Å². The second-order valence-corrected chi connectivity index (χ2v) is 9.63. The third-order valence-electron chi connectivity index (χ3n) is 6.82. The topological polar surface area (TPSA) is 84.2 Å². The summed E-state index contributed by atoms with van der Waals surface area (Å²) in [6, 6.07) is 14.2. The van der Waals surface area contributed by atoms with Crippen LogP contribution in [0.2, 0.25) is 0 Å². The van der Waals surface area contributed by atoms with Gasteiger partial charge in [-0.1, -0.05) is 30.7 Å². The van der Waals surface area contributed by atoms with E-state index in [1.807, 2.05) is 68.1 Å². The molecule has 0 saturated carbocycles. The molecular weight excluding hydrogens is 438 g/mol. The number of hydrogen-bond acceptors (Lipinski definition) is 6. The van der Waals surface area contributed by atoms with Crippen LogP contribution in [0.4, 0.5) is 6.01 Å². The predicted molar refractivity (Wildman–Crippen MR) is 137 cm³/mol. The van der Waals surface area contributed by atoms with Crippen molar-refractivity contribution in [2.24, 2.45) is 5.92 Å². The smallest absolute Gasteiger partial charge is 0.295 e. The highest BCUT2D eigenvalue weighted by Crippen LogP contribution is 2.29. The van der Waals surface area contributed by atoms with Crippen LogP contribution in [0, 0.1) is 26.7 Å². The Kier molecular flexibility index (Phi) is 6.24. The Morgan fingerprint density at radius 1 is 1.09 bits per heavy atom. The number of carbonyl (C=O) groups excluding carboxylic acids is 1. The quantitative estimate of drug-likeness (QED) is 0.412. The minimum Gasteiger partial charge on any atom is -0.424 e. The number of nitrogens with one attached hydrogen (secondary N) is 1. The maximum Gasteiger partial charge on any atom is 0.295 e. The van der Waals surface area contributed by atoms with Gasteiger partial charge in [-0.3, -0.25) is 4.79 Å². The standard InChI is InChI=1S/C28H31N5O2/c1-17-7-9-21(26-29-12-11-20(4)31-26)22(14-17)27(34)33-13-5-6-19(3)24(33)16-30-28-32-23-15-18(2)8-10-25(23)35-28/h7-12,14-15,19,24H,5-6,13,16H2,1-4H3,(H,30,32)/t19?,24-/m1/s1. The zero-order valence-electron chi connectivity index (χ0n) is 20.7. The van der Waals surface area contributed by atoms with Gasteiger partial charge in [0.1, 0.15) is 5.52 Å². The van der Waals surface area contributed by atoms with Crippen molar-refractivity contribution < 1.29 is 9.21 Å². The molecule has 2 aromatic heterocycles. The number of benzene rings is 2. The van der Waals surface area contributed by atoms with E-state index >= 15 is 0 Å². The summed E-state index contributed by atoms with van der Waals surface area (Å²) in [5.74, 6) is 0.936. The van der Waals surface area contributed by atoms with Gasteiger partial charge in [0.25, 0.3) is 11.9 Å². The number of piperidine rings is 1. The number of likely N-dealkylation sites (tertiary alicyclic amines) is 1. The molecule has 4 aromatic rings. The van der Waals surface area contributed by atoms with Crippen LogP contribution in [0.3, 0.4) is 0 Å². The van der Waals surface area contributed by atoms with E-state index in [1.165, 1.54) is 0 Å². The molecule has 180 valence electrons. The normalized spacial score (nSPS) is 18.1. The predicted octanol–water partition coefficient (Wildman–Crippen LogP) is 5.56. The van der Waals surface area contributed by atoms with Crippen molar-refractivity contribution in [1.29, 1.82) is 0 Å². The summed E-state index contributed by atoms with van der Waals surface area (Å²) < 4.78 is 5.89. The fraction of sp³-hybridized carbons (Fsp3) is 0.357. The minimum atomic E-state index is 0.0137. The Balaban J connectivity index is 1.42. The molecule has 1 aliphatic rings. The van der Waals surface area contributed by atoms with Gasteiger partial charge in [0.05, 0.1) is 11.6 Å². The molecule has 0 aliphatic carbocycles. The molecule has 0 bridgehead atoms. The summed E-state index contributed by atoms with van der Waals surface area (Å²) in [7, 11) is 0. The second kappa shape index (κ2) is 9.49. The van der Waals surface area contributed by atoms with Crippen molar-refractivity contribution in [3.05, 3.63) is 71.0 Å². The average molecular weight is 470 g/mol. The highest BCUT2D eigenvalue weighted by atomic mass is 16.4. The van der Waals surface area contributed by atoms with Crippen molar-refractivity contribution in [3.8, 4) is 11.4 Å². The lowest BCUT2D eigenvalue weighted by molar-refractivity contribution is 0.0540. The van der Waals surface area contributed by atoms with Crippen molar-refractivity contribution in [1.82, 2.24) is 19.9 Å². The highest BCUT2D eigenvalue weighted by molar-refractivity contribution is 6.00. The first-order valence-corrected chi connectivity index (χ1v) is 12.2. The van der Waals surface area contributed by atoms with Gasteiger partial charge in [-0.25, -0.2) is 9.97 Å². The van der Waals surface area contributed by atoms with Crippen molar-refractivity contribution >= 4 is 23.0 Å². The number of hydrogen-bond donors (Lipinski definition) is 1. The van der Waals surface area contributed by atoms with Crippen LogP contribution in [0.1, 0.15) is 46.9 Å². The second-order valence-electron chi connectivity index (χ2n) is 9.63. The molecule has 0 radical (unpaired) electrons. The number of amides is 1. The number of nitrogens with zero attached hydrogens (tertiary/aromatic N) is 4. The molecule has 0 spiro atoms. The molecule has 3 heterocycles. The lowest BCUT2D eigenvalue weighted by Crippen LogP contribution is -2.51. The first kappa shape index (κ1) is 23.0. The van der Waals surface area contributed by atoms with E-state index < -0.39 is 0 Å². The Morgan fingerprint density at radius 2 is 1.89 bits per heavy atom. The summed E-state index contributed by atoms with van der Waals surface area (Å²) >= 11 is 0. The summed E-state index contributed by atoms with van der Waals surface area (Å²) in [6.07, 6.45) is 3.79. The van der Waals surface area contributed by atoms with E-state index in [1.54, 1.807) is 6.20 Å². The van der Waals surface area contributed by atoms with Gasteiger partial charge in [-0.05, 0) is 69.4 Å². The van der Waals surface area contributed by atoms with Crippen LogP contribution >= 0.6 is 0 Å². The van der Waals surface area contributed by atoms with E-state index in [9.17, 15) is 4.79 Å². The molecule has 1 amide bonds. The summed E-state index contributed by atoms with van der Waals surface area (Å²) in [5.41, 5.74) is 6.05.